The molecule has 2 rings (SSSR count). The molecule has 0 saturated heterocycles. The van der Waals surface area contributed by atoms with Gasteiger partial charge in [0.2, 0.25) is 0 Å². The van der Waals surface area contributed by atoms with Crippen molar-refractivity contribution in [1.82, 2.24) is 9.97 Å². The summed E-state index contributed by atoms with van der Waals surface area (Å²) in [6.45, 7) is 5.27. The van der Waals surface area contributed by atoms with Gasteiger partial charge in [0.05, 0.1) is 12.2 Å². The molecular formula is C18H26IrN3O2-. The Kier molecular flexibility index (Phi) is 10.6. The summed E-state index contributed by atoms with van der Waals surface area (Å²) in [5.74, 6) is 0. The molecule has 2 aromatic rings. The van der Waals surface area contributed by atoms with Crippen molar-refractivity contribution in [2.45, 2.75) is 39.4 Å². The largest absolute Gasteiger partial charge is 0.416 e. The molecule has 2 unspecified atom stereocenters. The maximum atomic E-state index is 8.56. The first-order chi connectivity index (χ1) is 10.8. The fourth-order valence-corrected chi connectivity index (χ4v) is 2.01. The molecular weight excluding hydrogens is 482 g/mol. The summed E-state index contributed by atoms with van der Waals surface area (Å²) in [5.41, 5.74) is 3.94. The van der Waals surface area contributed by atoms with Gasteiger partial charge in [-0.25, -0.2) is 0 Å². The molecule has 5 nitrogen and oxygen atoms in total. The normalized spacial score (nSPS) is 12.3. The molecule has 1 heterocycles. The summed E-state index contributed by atoms with van der Waals surface area (Å²) in [6, 6.07) is 9.27. The van der Waals surface area contributed by atoms with Gasteiger partial charge in [0.15, 0.2) is 0 Å². The van der Waals surface area contributed by atoms with Crippen molar-refractivity contribution in [2.24, 2.45) is 0 Å². The van der Waals surface area contributed by atoms with Crippen molar-refractivity contribution in [1.29, 1.82) is 0 Å². The Morgan fingerprint density at radius 1 is 1.08 bits per heavy atom. The number of anilines is 1. The van der Waals surface area contributed by atoms with Crippen LogP contribution < -0.4 is 4.90 Å². The average molecular weight is 509 g/mol. The number of aryl methyl sites for hydroxylation is 1. The standard InChI is InChI=1S/C13H14N3.C5H12O2.Ir/c1-10-13(15-9-8-14-10)11-4-6-12(7-5-11)16(2)3;1-4(6)3-5(2)7;/h4,6-9H,1-3H3;4-7H,3H2,1-2H3;/q-1;;. The fourth-order valence-electron chi connectivity index (χ4n) is 2.01. The van der Waals surface area contributed by atoms with E-state index >= 15 is 0 Å². The van der Waals surface area contributed by atoms with Crippen LogP contribution in [0.1, 0.15) is 26.0 Å². The summed E-state index contributed by atoms with van der Waals surface area (Å²) in [4.78, 5) is 10.6. The van der Waals surface area contributed by atoms with Gasteiger partial charge in [-0.1, -0.05) is 0 Å². The second kappa shape index (κ2) is 11.3. The van der Waals surface area contributed by atoms with Crippen molar-refractivity contribution in [2.75, 3.05) is 19.0 Å². The van der Waals surface area contributed by atoms with Gasteiger partial charge in [-0.3, -0.25) is 4.98 Å². The van der Waals surface area contributed by atoms with Crippen LogP contribution in [0.5, 0.6) is 0 Å². The minimum absolute atomic E-state index is 0. The van der Waals surface area contributed by atoms with E-state index in [1.165, 1.54) is 0 Å². The zero-order chi connectivity index (χ0) is 17.4. The average Bonchev–Trinajstić information content (AvgIpc) is 2.47. The number of aliphatic hydroxyl groups excluding tert-OH is 2. The Morgan fingerprint density at radius 3 is 2.04 bits per heavy atom. The van der Waals surface area contributed by atoms with Crippen LogP contribution in [0, 0.1) is 13.0 Å². The van der Waals surface area contributed by atoms with Gasteiger partial charge >= 0.3 is 0 Å². The van der Waals surface area contributed by atoms with E-state index in [2.05, 4.69) is 22.1 Å². The number of nitrogens with zero attached hydrogens (tertiary/aromatic N) is 3. The van der Waals surface area contributed by atoms with Crippen molar-refractivity contribution in [3.8, 4) is 11.3 Å². The molecule has 0 saturated carbocycles. The van der Waals surface area contributed by atoms with Gasteiger partial charge in [-0.05, 0) is 47.0 Å². The van der Waals surface area contributed by atoms with E-state index in [9.17, 15) is 0 Å². The zero-order valence-electron chi connectivity index (χ0n) is 14.8. The van der Waals surface area contributed by atoms with Gasteiger partial charge in [-0.15, -0.1) is 29.8 Å². The molecule has 0 spiro atoms. The molecule has 0 aliphatic carbocycles. The van der Waals surface area contributed by atoms with Crippen molar-refractivity contribution < 1.29 is 30.3 Å². The Labute approximate surface area is 158 Å². The van der Waals surface area contributed by atoms with Gasteiger partial charge in [0.25, 0.3) is 0 Å². The van der Waals surface area contributed by atoms with Crippen LogP contribution in [0.3, 0.4) is 0 Å². The minimum atomic E-state index is -0.375. The number of hydrogen-bond acceptors (Lipinski definition) is 5. The van der Waals surface area contributed by atoms with Crippen molar-refractivity contribution >= 4 is 5.69 Å². The first kappa shape index (κ1) is 22.7. The van der Waals surface area contributed by atoms with Gasteiger partial charge in [0, 0.05) is 43.9 Å². The van der Waals surface area contributed by atoms with E-state index in [0.717, 1.165) is 22.6 Å². The maximum absolute atomic E-state index is 8.56. The Balaban J connectivity index is 0.000000570. The third-order valence-electron chi connectivity index (χ3n) is 3.13. The van der Waals surface area contributed by atoms with E-state index in [4.69, 9.17) is 10.2 Å². The molecule has 1 radical (unpaired) electrons. The Bertz CT molecular complexity index is 581. The van der Waals surface area contributed by atoms with Crippen LogP contribution in [-0.2, 0) is 20.1 Å². The zero-order valence-corrected chi connectivity index (χ0v) is 17.2. The van der Waals surface area contributed by atoms with E-state index in [-0.39, 0.29) is 32.3 Å². The number of rotatable bonds is 4. The van der Waals surface area contributed by atoms with E-state index in [0.29, 0.717) is 6.42 Å². The van der Waals surface area contributed by atoms with Crippen LogP contribution in [-0.4, -0.2) is 46.5 Å². The molecule has 0 bridgehead atoms. The van der Waals surface area contributed by atoms with Crippen molar-refractivity contribution in [3.63, 3.8) is 0 Å². The van der Waals surface area contributed by atoms with Crippen LogP contribution >= 0.6 is 0 Å². The molecule has 6 heteroatoms. The van der Waals surface area contributed by atoms with Crippen LogP contribution in [0.2, 0.25) is 0 Å². The first-order valence-electron chi connectivity index (χ1n) is 7.64. The van der Waals surface area contributed by atoms with Gasteiger partial charge in [-0.2, -0.15) is 0 Å². The summed E-state index contributed by atoms with van der Waals surface area (Å²) in [5, 5.41) is 17.1. The number of hydrogen-bond donors (Lipinski definition) is 2. The smallest absolute Gasteiger partial charge is 0.0536 e. The Hall–Kier alpha value is -1.33. The van der Waals surface area contributed by atoms with Gasteiger partial charge in [0.1, 0.15) is 0 Å². The van der Waals surface area contributed by atoms with E-state index < -0.39 is 0 Å². The molecule has 2 atom stereocenters. The molecule has 135 valence electrons. The third-order valence-corrected chi connectivity index (χ3v) is 3.13. The number of aliphatic hydroxyl groups is 2. The van der Waals surface area contributed by atoms with Gasteiger partial charge < -0.3 is 20.1 Å². The molecule has 0 fully saturated rings. The molecule has 1 aromatic heterocycles. The van der Waals surface area contributed by atoms with E-state index in [1.54, 1.807) is 26.2 Å². The second-order valence-electron chi connectivity index (χ2n) is 5.78. The summed E-state index contributed by atoms with van der Waals surface area (Å²) in [6.07, 6.45) is 3.13. The third kappa shape index (κ3) is 7.97. The van der Waals surface area contributed by atoms with E-state index in [1.807, 2.05) is 38.1 Å². The molecule has 1 aromatic carbocycles. The quantitative estimate of drug-likeness (QED) is 0.621. The van der Waals surface area contributed by atoms with Crippen LogP contribution in [0.25, 0.3) is 11.3 Å². The SMILES string of the molecule is CC(O)CC(C)O.Cc1nccnc1-c1[c-]cc(N(C)C)cc1.[Ir]. The molecule has 0 amide bonds. The monoisotopic (exact) mass is 509 g/mol. The second-order valence-corrected chi connectivity index (χ2v) is 5.78. The molecule has 0 aliphatic heterocycles. The van der Waals surface area contributed by atoms with Crippen LogP contribution in [0.4, 0.5) is 5.69 Å². The molecule has 24 heavy (non-hydrogen) atoms. The first-order valence-corrected chi connectivity index (χ1v) is 7.64. The summed E-state index contributed by atoms with van der Waals surface area (Å²) < 4.78 is 0. The topological polar surface area (TPSA) is 69.5 Å². The molecule has 0 aliphatic rings. The maximum Gasteiger partial charge on any atom is 0.0536 e. The predicted octanol–water partition coefficient (Wildman–Crippen LogP) is 2.45. The fraction of sp³-hybridized carbons (Fsp3) is 0.444. The summed E-state index contributed by atoms with van der Waals surface area (Å²) in [7, 11) is 4.02. The van der Waals surface area contributed by atoms with Crippen molar-refractivity contribution in [3.05, 3.63) is 42.4 Å². The summed E-state index contributed by atoms with van der Waals surface area (Å²) >= 11 is 0. The molecule has 2 N–H and O–H groups in total. The predicted molar refractivity (Wildman–Crippen MR) is 93.3 cm³/mol. The minimum Gasteiger partial charge on any atom is -0.416 e. The number of benzene rings is 1. The van der Waals surface area contributed by atoms with Crippen LogP contribution in [0.15, 0.2) is 30.6 Å². The Morgan fingerprint density at radius 2 is 1.67 bits per heavy atom. The number of aromatic nitrogens is 2.